The highest BCUT2D eigenvalue weighted by molar-refractivity contribution is 7.94. The fourth-order valence-electron chi connectivity index (χ4n) is 3.23. The van der Waals surface area contributed by atoms with Crippen molar-refractivity contribution in [2.75, 3.05) is 24.9 Å². The molecule has 0 spiro atoms. The van der Waals surface area contributed by atoms with Crippen LogP contribution in [0.1, 0.15) is 24.2 Å². The first kappa shape index (κ1) is 21.7. The lowest BCUT2D eigenvalue weighted by atomic mass is 10.1. The number of rotatable bonds is 7. The molecule has 3 rings (SSSR count). The third-order valence-corrected chi connectivity index (χ3v) is 5.96. The van der Waals surface area contributed by atoms with Crippen molar-refractivity contribution < 1.29 is 27.4 Å². The van der Waals surface area contributed by atoms with E-state index in [0.717, 1.165) is 5.41 Å². The first-order valence-electron chi connectivity index (χ1n) is 9.47. The van der Waals surface area contributed by atoms with Gasteiger partial charge in [0.15, 0.2) is 9.84 Å². The molecule has 2 aromatic carbocycles. The smallest absolute Gasteiger partial charge is 0.258 e. The minimum absolute atomic E-state index is 0.0143. The predicted molar refractivity (Wildman–Crippen MR) is 115 cm³/mol. The molecule has 0 unspecified atom stereocenters. The Hall–Kier alpha value is -3.00. The number of sulfone groups is 1. The number of ether oxygens (including phenoxy) is 3. The largest absolute Gasteiger partial charge is 0.497 e. The van der Waals surface area contributed by atoms with Crippen molar-refractivity contribution >= 4 is 21.4 Å². The molecule has 2 aromatic rings. The number of carbonyl (C=O) groups excluding carboxylic acids is 1. The van der Waals surface area contributed by atoms with Gasteiger partial charge in [-0.05, 0) is 56.3 Å². The van der Waals surface area contributed by atoms with Crippen LogP contribution in [0.2, 0.25) is 0 Å². The zero-order valence-electron chi connectivity index (χ0n) is 17.4. The average Bonchev–Trinajstić information content (AvgIpc) is 3.07. The van der Waals surface area contributed by atoms with Gasteiger partial charge in [-0.25, -0.2) is 8.42 Å². The predicted octanol–water partition coefficient (Wildman–Crippen LogP) is 3.45. The topological polar surface area (TPSA) is 82.1 Å². The molecule has 0 N–H and O–H groups in total. The summed E-state index contributed by atoms with van der Waals surface area (Å²) in [5.41, 5.74) is 0.860. The van der Waals surface area contributed by atoms with Crippen molar-refractivity contribution in [1.29, 1.82) is 0 Å². The molecular formula is C22H25NO6S. The molecule has 160 valence electrons. The van der Waals surface area contributed by atoms with E-state index in [2.05, 4.69) is 0 Å². The van der Waals surface area contributed by atoms with Gasteiger partial charge in [-0.3, -0.25) is 9.69 Å². The van der Waals surface area contributed by atoms with Gasteiger partial charge in [0.05, 0.1) is 37.8 Å². The quantitative estimate of drug-likeness (QED) is 0.668. The summed E-state index contributed by atoms with van der Waals surface area (Å²) in [7, 11) is -0.358. The minimum Gasteiger partial charge on any atom is -0.497 e. The SMILES string of the molecule is COc1ccc(N(C(=O)c2ccc(OC(C)C)cc2)[C@H]2C=CS(=O)(=O)C2)c(OC)c1. The number of methoxy groups -OCH3 is 2. The van der Waals surface area contributed by atoms with Crippen molar-refractivity contribution in [2.24, 2.45) is 0 Å². The Kier molecular flexibility index (Phi) is 6.36. The van der Waals surface area contributed by atoms with Crippen LogP contribution in [0.3, 0.4) is 0 Å². The van der Waals surface area contributed by atoms with Gasteiger partial charge < -0.3 is 14.2 Å². The Morgan fingerprint density at radius 1 is 1.03 bits per heavy atom. The standard InChI is InChI=1S/C22H25NO6S/c1-15(2)29-18-7-5-16(6-8-18)22(24)23(17-11-12-30(25,26)14-17)20-10-9-19(27-3)13-21(20)28-4/h5-13,15,17H,14H2,1-4H3/t17-/m0/s1. The Labute approximate surface area is 176 Å². The molecule has 1 atom stereocenters. The molecule has 0 radical (unpaired) electrons. The van der Waals surface area contributed by atoms with Gasteiger partial charge in [0.1, 0.15) is 17.2 Å². The van der Waals surface area contributed by atoms with Gasteiger partial charge in [0.25, 0.3) is 5.91 Å². The summed E-state index contributed by atoms with van der Waals surface area (Å²) < 4.78 is 40.4. The van der Waals surface area contributed by atoms with E-state index >= 15 is 0 Å². The van der Waals surface area contributed by atoms with Gasteiger partial charge in [0, 0.05) is 17.0 Å². The minimum atomic E-state index is -3.38. The van der Waals surface area contributed by atoms with E-state index in [1.807, 2.05) is 13.8 Å². The van der Waals surface area contributed by atoms with Gasteiger partial charge in [-0.15, -0.1) is 0 Å². The maximum Gasteiger partial charge on any atom is 0.258 e. The normalized spacial score (nSPS) is 17.0. The Bertz CT molecular complexity index is 1040. The number of nitrogens with zero attached hydrogens (tertiary/aromatic N) is 1. The van der Waals surface area contributed by atoms with Crippen LogP contribution in [-0.4, -0.2) is 46.4 Å². The Morgan fingerprint density at radius 3 is 2.23 bits per heavy atom. The van der Waals surface area contributed by atoms with Crippen LogP contribution in [0.25, 0.3) is 0 Å². The van der Waals surface area contributed by atoms with E-state index in [1.165, 1.54) is 25.2 Å². The van der Waals surface area contributed by atoms with Gasteiger partial charge in [0.2, 0.25) is 0 Å². The molecule has 0 aromatic heterocycles. The number of amides is 1. The molecule has 1 aliphatic rings. The van der Waals surface area contributed by atoms with E-state index in [1.54, 1.807) is 42.5 Å². The van der Waals surface area contributed by atoms with Gasteiger partial charge in [-0.1, -0.05) is 0 Å². The van der Waals surface area contributed by atoms with E-state index < -0.39 is 15.9 Å². The lowest BCUT2D eigenvalue weighted by molar-refractivity contribution is 0.0982. The highest BCUT2D eigenvalue weighted by atomic mass is 32.2. The van der Waals surface area contributed by atoms with Gasteiger partial charge in [-0.2, -0.15) is 0 Å². The van der Waals surface area contributed by atoms with Gasteiger partial charge >= 0.3 is 0 Å². The highest BCUT2D eigenvalue weighted by Crippen LogP contribution is 2.36. The second-order valence-electron chi connectivity index (χ2n) is 7.13. The Balaban J connectivity index is 2.02. The van der Waals surface area contributed by atoms with Crippen LogP contribution in [0.15, 0.2) is 53.9 Å². The summed E-state index contributed by atoms with van der Waals surface area (Å²) in [4.78, 5) is 14.9. The molecule has 30 heavy (non-hydrogen) atoms. The summed E-state index contributed by atoms with van der Waals surface area (Å²) >= 11 is 0. The molecular weight excluding hydrogens is 406 g/mol. The summed E-state index contributed by atoms with van der Waals surface area (Å²) in [6.45, 7) is 3.84. The van der Waals surface area contributed by atoms with Crippen molar-refractivity contribution in [3.8, 4) is 17.2 Å². The lowest BCUT2D eigenvalue weighted by Crippen LogP contribution is -2.41. The maximum absolute atomic E-state index is 13.5. The molecule has 7 nitrogen and oxygen atoms in total. The molecule has 1 heterocycles. The zero-order chi connectivity index (χ0) is 21.9. The van der Waals surface area contributed by atoms with Crippen LogP contribution in [0.5, 0.6) is 17.2 Å². The zero-order valence-corrected chi connectivity index (χ0v) is 18.2. The molecule has 0 saturated carbocycles. The molecule has 8 heteroatoms. The molecule has 1 aliphatic heterocycles. The van der Waals surface area contributed by atoms with Crippen molar-refractivity contribution in [3.05, 3.63) is 59.5 Å². The maximum atomic E-state index is 13.5. The Morgan fingerprint density at radius 2 is 1.70 bits per heavy atom. The highest BCUT2D eigenvalue weighted by Gasteiger charge is 2.33. The monoisotopic (exact) mass is 431 g/mol. The van der Waals surface area contributed by atoms with E-state index in [0.29, 0.717) is 28.5 Å². The van der Waals surface area contributed by atoms with Crippen LogP contribution in [-0.2, 0) is 9.84 Å². The molecule has 0 bridgehead atoms. The number of benzene rings is 2. The van der Waals surface area contributed by atoms with Crippen LogP contribution in [0, 0.1) is 0 Å². The third-order valence-electron chi connectivity index (χ3n) is 4.58. The van der Waals surface area contributed by atoms with Crippen LogP contribution < -0.4 is 19.1 Å². The van der Waals surface area contributed by atoms with Crippen molar-refractivity contribution in [1.82, 2.24) is 0 Å². The number of carbonyl (C=O) groups is 1. The summed E-state index contributed by atoms with van der Waals surface area (Å²) in [5.74, 6) is 1.08. The van der Waals surface area contributed by atoms with E-state index in [9.17, 15) is 13.2 Å². The van der Waals surface area contributed by atoms with Crippen molar-refractivity contribution in [3.63, 3.8) is 0 Å². The molecule has 0 aliphatic carbocycles. The average molecular weight is 432 g/mol. The van der Waals surface area contributed by atoms with Crippen LogP contribution >= 0.6 is 0 Å². The molecule has 0 fully saturated rings. The van der Waals surface area contributed by atoms with E-state index in [-0.39, 0.29) is 17.8 Å². The number of hydrogen-bond acceptors (Lipinski definition) is 6. The summed E-state index contributed by atoms with van der Waals surface area (Å²) in [6, 6.07) is 11.1. The first-order chi connectivity index (χ1) is 14.2. The van der Waals surface area contributed by atoms with E-state index in [4.69, 9.17) is 14.2 Å². The second-order valence-corrected chi connectivity index (χ2v) is 9.06. The molecule has 1 amide bonds. The fourth-order valence-corrected chi connectivity index (χ4v) is 4.50. The molecule has 0 saturated heterocycles. The second kappa shape index (κ2) is 8.79. The fraction of sp³-hybridized carbons (Fsp3) is 0.318. The first-order valence-corrected chi connectivity index (χ1v) is 11.2. The lowest BCUT2D eigenvalue weighted by Gasteiger charge is -2.29. The van der Waals surface area contributed by atoms with Crippen molar-refractivity contribution in [2.45, 2.75) is 26.0 Å². The summed E-state index contributed by atoms with van der Waals surface area (Å²) in [6.07, 6.45) is 1.54. The van der Waals surface area contributed by atoms with Crippen LogP contribution in [0.4, 0.5) is 5.69 Å². The summed E-state index contributed by atoms with van der Waals surface area (Å²) in [5, 5.41) is 1.15. The number of hydrogen-bond donors (Lipinski definition) is 0. The third kappa shape index (κ3) is 4.76. The number of anilines is 1.